The Kier molecular flexibility index (Phi) is 8.18. The van der Waals surface area contributed by atoms with Gasteiger partial charge in [0.25, 0.3) is 5.91 Å². The maximum absolute atomic E-state index is 14.3. The van der Waals surface area contributed by atoms with Gasteiger partial charge >= 0.3 is 0 Å². The first kappa shape index (κ1) is 28.3. The van der Waals surface area contributed by atoms with Crippen LogP contribution in [0.4, 0.5) is 5.69 Å². The van der Waals surface area contributed by atoms with Crippen LogP contribution < -0.4 is 10.2 Å². The van der Waals surface area contributed by atoms with Crippen molar-refractivity contribution in [3.63, 3.8) is 0 Å². The number of halogens is 2. The van der Waals surface area contributed by atoms with Crippen LogP contribution in [0.15, 0.2) is 84.9 Å². The van der Waals surface area contributed by atoms with Crippen molar-refractivity contribution in [2.75, 3.05) is 11.4 Å². The minimum atomic E-state index is -0.800. The van der Waals surface area contributed by atoms with E-state index in [-0.39, 0.29) is 36.9 Å². The van der Waals surface area contributed by atoms with E-state index in [0.717, 1.165) is 47.6 Å². The molecule has 1 aliphatic carbocycles. The van der Waals surface area contributed by atoms with Gasteiger partial charge < -0.3 is 10.2 Å². The molecule has 1 unspecified atom stereocenters. The molecule has 8 heteroatoms. The van der Waals surface area contributed by atoms with Crippen molar-refractivity contribution in [2.24, 2.45) is 0 Å². The first-order valence-corrected chi connectivity index (χ1v) is 15.1. The minimum Gasteiger partial charge on any atom is -0.352 e. The van der Waals surface area contributed by atoms with Crippen LogP contribution in [0, 0.1) is 0 Å². The lowest BCUT2D eigenvalue weighted by Crippen LogP contribution is -2.54. The highest BCUT2D eigenvalue weighted by molar-refractivity contribution is 6.42. The van der Waals surface area contributed by atoms with Gasteiger partial charge in [0.05, 0.1) is 15.7 Å². The summed E-state index contributed by atoms with van der Waals surface area (Å²) < 4.78 is 0. The summed E-state index contributed by atoms with van der Waals surface area (Å²) in [4.78, 5) is 45.0. The van der Waals surface area contributed by atoms with Crippen molar-refractivity contribution >= 4 is 57.4 Å². The lowest BCUT2D eigenvalue weighted by Gasteiger charge is -2.33. The second-order valence-corrected chi connectivity index (χ2v) is 11.9. The van der Waals surface area contributed by atoms with Crippen LogP contribution >= 0.6 is 23.2 Å². The van der Waals surface area contributed by atoms with Crippen LogP contribution in [0.25, 0.3) is 10.8 Å². The van der Waals surface area contributed by atoms with Crippen molar-refractivity contribution < 1.29 is 14.4 Å². The Balaban J connectivity index is 1.36. The SMILES string of the molecule is O=C(NC1CCCC1)C(Cc1ccccc1)N(Cc1ccc(Cl)c(Cl)c1)C(=O)CN1C(=O)c2cccc3cccc1c23. The monoisotopic (exact) mass is 599 g/mol. The maximum Gasteiger partial charge on any atom is 0.259 e. The van der Waals surface area contributed by atoms with E-state index in [4.69, 9.17) is 23.2 Å². The third-order valence-corrected chi connectivity index (χ3v) is 8.99. The number of benzene rings is 4. The topological polar surface area (TPSA) is 69.7 Å². The molecular weight excluding hydrogens is 569 g/mol. The molecule has 1 heterocycles. The number of amides is 3. The predicted molar refractivity (Wildman–Crippen MR) is 167 cm³/mol. The summed E-state index contributed by atoms with van der Waals surface area (Å²) in [5, 5.41) is 5.78. The van der Waals surface area contributed by atoms with Gasteiger partial charge in [-0.25, -0.2) is 0 Å². The van der Waals surface area contributed by atoms with Gasteiger partial charge in [0.1, 0.15) is 12.6 Å². The Bertz CT molecular complexity index is 1650. The number of rotatable bonds is 9. The van der Waals surface area contributed by atoms with Crippen molar-refractivity contribution in [3.8, 4) is 0 Å². The fourth-order valence-electron chi connectivity index (χ4n) is 6.12. The summed E-state index contributed by atoms with van der Waals surface area (Å²) in [6, 6.07) is 25.5. The number of hydrogen-bond acceptors (Lipinski definition) is 3. The third kappa shape index (κ3) is 5.74. The highest BCUT2D eigenvalue weighted by Gasteiger charge is 2.36. The summed E-state index contributed by atoms with van der Waals surface area (Å²) in [6.07, 6.45) is 4.33. The van der Waals surface area contributed by atoms with E-state index < -0.39 is 6.04 Å². The van der Waals surface area contributed by atoms with Crippen LogP contribution in [0.2, 0.25) is 10.0 Å². The summed E-state index contributed by atoms with van der Waals surface area (Å²) >= 11 is 12.5. The van der Waals surface area contributed by atoms with E-state index >= 15 is 0 Å². The normalized spacial score (nSPS) is 15.3. The van der Waals surface area contributed by atoms with Gasteiger partial charge in [-0.1, -0.05) is 96.7 Å². The van der Waals surface area contributed by atoms with Gasteiger partial charge in [-0.15, -0.1) is 0 Å². The van der Waals surface area contributed by atoms with Crippen LogP contribution in [-0.4, -0.2) is 41.2 Å². The van der Waals surface area contributed by atoms with Crippen LogP contribution in [0.1, 0.15) is 47.2 Å². The summed E-state index contributed by atoms with van der Waals surface area (Å²) in [5.41, 5.74) is 2.95. The molecule has 3 amide bonds. The molecule has 0 spiro atoms. The zero-order chi connectivity index (χ0) is 29.2. The molecule has 6 rings (SSSR count). The molecule has 6 nitrogen and oxygen atoms in total. The zero-order valence-electron chi connectivity index (χ0n) is 23.1. The van der Waals surface area contributed by atoms with Gasteiger partial charge in [0.2, 0.25) is 11.8 Å². The fourth-order valence-corrected chi connectivity index (χ4v) is 6.44. The van der Waals surface area contributed by atoms with Crippen LogP contribution in [0.5, 0.6) is 0 Å². The molecule has 1 N–H and O–H groups in total. The molecule has 0 bridgehead atoms. The third-order valence-electron chi connectivity index (χ3n) is 8.25. The Morgan fingerprint density at radius 3 is 2.36 bits per heavy atom. The molecule has 4 aromatic rings. The number of carbonyl (C=O) groups excluding carboxylic acids is 3. The van der Waals surface area contributed by atoms with Crippen molar-refractivity contribution in [2.45, 2.75) is 50.7 Å². The lowest BCUT2D eigenvalue weighted by atomic mass is 10.0. The van der Waals surface area contributed by atoms with Gasteiger partial charge in [0, 0.05) is 30.0 Å². The molecule has 1 fully saturated rings. The van der Waals surface area contributed by atoms with Crippen molar-refractivity contribution in [1.82, 2.24) is 10.2 Å². The Morgan fingerprint density at radius 2 is 1.62 bits per heavy atom. The largest absolute Gasteiger partial charge is 0.352 e. The van der Waals surface area contributed by atoms with Gasteiger partial charge in [-0.2, -0.15) is 0 Å². The number of anilines is 1. The molecular formula is C34H31Cl2N3O3. The van der Waals surface area contributed by atoms with Gasteiger partial charge in [0.15, 0.2) is 0 Å². The molecule has 42 heavy (non-hydrogen) atoms. The van der Waals surface area contributed by atoms with Crippen molar-refractivity contribution in [3.05, 3.63) is 112 Å². The first-order valence-electron chi connectivity index (χ1n) is 14.3. The smallest absolute Gasteiger partial charge is 0.259 e. The lowest BCUT2D eigenvalue weighted by molar-refractivity contribution is -0.140. The molecule has 0 aromatic heterocycles. The maximum atomic E-state index is 14.3. The van der Waals surface area contributed by atoms with Crippen LogP contribution in [-0.2, 0) is 22.6 Å². The predicted octanol–water partition coefficient (Wildman–Crippen LogP) is 6.81. The van der Waals surface area contributed by atoms with E-state index in [0.29, 0.717) is 27.7 Å². The number of nitrogens with zero attached hydrogens (tertiary/aromatic N) is 2. The quantitative estimate of drug-likeness (QED) is 0.230. The van der Waals surface area contributed by atoms with Crippen molar-refractivity contribution in [1.29, 1.82) is 0 Å². The van der Waals surface area contributed by atoms with E-state index in [1.165, 1.54) is 4.90 Å². The van der Waals surface area contributed by atoms with E-state index in [1.54, 1.807) is 29.2 Å². The Labute approximate surface area is 255 Å². The Morgan fingerprint density at radius 1 is 0.881 bits per heavy atom. The second kappa shape index (κ2) is 12.2. The molecule has 1 aliphatic heterocycles. The minimum absolute atomic E-state index is 0.0879. The second-order valence-electron chi connectivity index (χ2n) is 11.0. The number of hydrogen-bond donors (Lipinski definition) is 1. The van der Waals surface area contributed by atoms with Gasteiger partial charge in [-0.3, -0.25) is 19.3 Å². The summed E-state index contributed by atoms with van der Waals surface area (Å²) in [5.74, 6) is -0.751. The van der Waals surface area contributed by atoms with Gasteiger partial charge in [-0.05, 0) is 53.6 Å². The standard InChI is InChI=1S/C34H31Cl2N3O3/c35-27-17-16-23(18-28(27)36)20-38(30(19-22-8-2-1-3-9-22)33(41)37-25-12-4-5-13-25)31(40)21-39-29-15-7-11-24-10-6-14-26(32(24)29)34(39)42/h1-3,6-11,14-18,25,30H,4-5,12-13,19-21H2,(H,37,41). The summed E-state index contributed by atoms with van der Waals surface area (Å²) in [6.45, 7) is -0.0690. The molecule has 0 saturated heterocycles. The number of carbonyl (C=O) groups is 3. The summed E-state index contributed by atoms with van der Waals surface area (Å²) in [7, 11) is 0. The fraction of sp³-hybridized carbons (Fsp3) is 0.265. The number of nitrogens with one attached hydrogen (secondary N) is 1. The highest BCUT2D eigenvalue weighted by Crippen LogP contribution is 2.37. The Hall–Kier alpha value is -3.87. The molecule has 2 aliphatic rings. The average Bonchev–Trinajstić information content (AvgIpc) is 3.61. The molecule has 1 saturated carbocycles. The van der Waals surface area contributed by atoms with Crippen LogP contribution in [0.3, 0.4) is 0 Å². The van der Waals surface area contributed by atoms with E-state index in [1.807, 2.05) is 60.7 Å². The zero-order valence-corrected chi connectivity index (χ0v) is 24.6. The molecule has 4 aromatic carbocycles. The average molecular weight is 601 g/mol. The molecule has 1 atom stereocenters. The highest BCUT2D eigenvalue weighted by atomic mass is 35.5. The first-order chi connectivity index (χ1) is 20.4. The molecule has 0 radical (unpaired) electrons. The molecule has 214 valence electrons. The van der Waals surface area contributed by atoms with E-state index in [9.17, 15) is 14.4 Å². The van der Waals surface area contributed by atoms with E-state index in [2.05, 4.69) is 5.32 Å².